The largest absolute Gasteiger partial charge is 0.479 e. The minimum absolute atomic E-state index is 0.00750. The molecule has 42 heavy (non-hydrogen) atoms. The van der Waals surface area contributed by atoms with Crippen LogP contribution < -0.4 is 10.6 Å². The molecule has 2 heterocycles. The van der Waals surface area contributed by atoms with E-state index in [0.717, 1.165) is 27.8 Å². The van der Waals surface area contributed by atoms with Gasteiger partial charge in [-0.25, -0.2) is 9.59 Å². The number of nitrogens with zero attached hydrogens (tertiary/aromatic N) is 3. The number of amides is 2. The van der Waals surface area contributed by atoms with Crippen molar-refractivity contribution in [1.82, 2.24) is 20.0 Å². The van der Waals surface area contributed by atoms with Gasteiger partial charge in [0.2, 0.25) is 0 Å². The summed E-state index contributed by atoms with van der Waals surface area (Å²) in [5.41, 5.74) is 4.05. The maximum atomic E-state index is 13.4. The van der Waals surface area contributed by atoms with E-state index in [0.29, 0.717) is 13.1 Å². The van der Waals surface area contributed by atoms with E-state index < -0.39 is 23.5 Å². The molecule has 1 aromatic heterocycles. The molecule has 1 aliphatic carbocycles. The first-order chi connectivity index (χ1) is 20.3. The molecule has 10 nitrogen and oxygen atoms in total. The van der Waals surface area contributed by atoms with Crippen molar-refractivity contribution >= 4 is 23.8 Å². The van der Waals surface area contributed by atoms with Gasteiger partial charge in [0.05, 0.1) is 0 Å². The summed E-state index contributed by atoms with van der Waals surface area (Å²) in [5.74, 6) is -1.87. The molecule has 1 unspecified atom stereocenters. The predicted octanol–water partition coefficient (Wildman–Crippen LogP) is 4.24. The number of benzene rings is 3. The lowest BCUT2D eigenvalue weighted by Gasteiger charge is -2.26. The number of nitrogens with one attached hydrogen (secondary N) is 2. The number of carboxylic acids is 1. The van der Waals surface area contributed by atoms with E-state index in [4.69, 9.17) is 4.74 Å². The van der Waals surface area contributed by atoms with Gasteiger partial charge in [0, 0.05) is 38.8 Å². The molecule has 1 fully saturated rings. The van der Waals surface area contributed by atoms with Crippen LogP contribution in [0.25, 0.3) is 11.1 Å². The number of aliphatic carboxylic acids is 1. The summed E-state index contributed by atoms with van der Waals surface area (Å²) in [4.78, 5) is 40.7. The van der Waals surface area contributed by atoms with Gasteiger partial charge >= 0.3 is 12.1 Å². The lowest BCUT2D eigenvalue weighted by molar-refractivity contribution is -0.144. The van der Waals surface area contributed by atoms with Gasteiger partial charge in [-0.15, -0.1) is 0 Å². The first-order valence-electron chi connectivity index (χ1n) is 13.8. The quantitative estimate of drug-likeness (QED) is 0.292. The molecule has 214 valence electrons. The standard InChI is InChI=1S/C32H31N5O5/c1-36-18-26(29(38)34-32(30(39)40)15-16-37(20-32)17-21-9-3-2-4-10-21)28(35-36)33-31(41)42-19-27-24-13-7-5-11-22(24)23-12-6-8-14-25(23)27/h2-14,18,27H,15-17,19-20H2,1H3,(H,34,38)(H,39,40)(H,33,35,41). The molecule has 3 N–H and O–H groups in total. The molecule has 2 amide bonds. The minimum Gasteiger partial charge on any atom is -0.479 e. The van der Waals surface area contributed by atoms with Crippen molar-refractivity contribution in [3.8, 4) is 11.1 Å². The van der Waals surface area contributed by atoms with Gasteiger partial charge in [-0.3, -0.25) is 19.7 Å². The van der Waals surface area contributed by atoms with E-state index in [-0.39, 0.29) is 36.9 Å². The average molecular weight is 566 g/mol. The average Bonchev–Trinajstić information content (AvgIpc) is 3.66. The van der Waals surface area contributed by atoms with Crippen LogP contribution in [0.3, 0.4) is 0 Å². The van der Waals surface area contributed by atoms with Gasteiger partial charge in [-0.05, 0) is 34.2 Å². The first-order valence-corrected chi connectivity index (χ1v) is 13.8. The highest BCUT2D eigenvalue weighted by Crippen LogP contribution is 2.44. The number of carboxylic acid groups (broad SMARTS) is 1. The van der Waals surface area contributed by atoms with Crippen molar-refractivity contribution in [3.63, 3.8) is 0 Å². The monoisotopic (exact) mass is 565 g/mol. The van der Waals surface area contributed by atoms with Crippen LogP contribution in [0, 0.1) is 0 Å². The number of hydrogen-bond donors (Lipinski definition) is 3. The van der Waals surface area contributed by atoms with Gasteiger partial charge in [0.15, 0.2) is 11.4 Å². The Kier molecular flexibility index (Phi) is 7.22. The number of aryl methyl sites for hydroxylation is 1. The molecule has 3 aromatic carbocycles. The van der Waals surface area contributed by atoms with Gasteiger partial charge < -0.3 is 15.2 Å². The first kappa shape index (κ1) is 27.2. The molecular weight excluding hydrogens is 534 g/mol. The van der Waals surface area contributed by atoms with E-state index in [2.05, 4.69) is 27.9 Å². The maximum Gasteiger partial charge on any atom is 0.412 e. The maximum absolute atomic E-state index is 13.4. The number of fused-ring (bicyclic) bond motifs is 3. The van der Waals surface area contributed by atoms with Crippen LogP contribution in [0.5, 0.6) is 0 Å². The molecule has 0 spiro atoms. The summed E-state index contributed by atoms with van der Waals surface area (Å²) in [6.45, 7) is 1.35. The Hall–Kier alpha value is -4.96. The zero-order valence-electron chi connectivity index (χ0n) is 23.1. The molecule has 0 saturated carbocycles. The summed E-state index contributed by atoms with van der Waals surface area (Å²) in [7, 11) is 1.61. The van der Waals surface area contributed by atoms with E-state index >= 15 is 0 Å². The normalized spacial score (nSPS) is 17.8. The Bertz CT molecular complexity index is 1610. The Balaban J connectivity index is 1.12. The third kappa shape index (κ3) is 5.24. The van der Waals surface area contributed by atoms with Crippen molar-refractivity contribution in [2.24, 2.45) is 7.05 Å². The van der Waals surface area contributed by atoms with Gasteiger partial charge in [-0.2, -0.15) is 5.10 Å². The summed E-state index contributed by atoms with van der Waals surface area (Å²) in [5, 5.41) is 19.7. The Morgan fingerprint density at radius 1 is 0.976 bits per heavy atom. The van der Waals surface area contributed by atoms with Gasteiger partial charge in [-0.1, -0.05) is 78.9 Å². The summed E-state index contributed by atoms with van der Waals surface area (Å²) in [6.07, 6.45) is 0.934. The Morgan fingerprint density at radius 3 is 2.29 bits per heavy atom. The van der Waals surface area contributed by atoms with Crippen LogP contribution in [0.1, 0.15) is 39.4 Å². The number of anilines is 1. The number of carbonyl (C=O) groups excluding carboxylic acids is 2. The van der Waals surface area contributed by atoms with Crippen molar-refractivity contribution in [3.05, 3.63) is 107 Å². The van der Waals surface area contributed by atoms with Crippen molar-refractivity contribution < 1.29 is 24.2 Å². The van der Waals surface area contributed by atoms with Crippen LogP contribution in [0.2, 0.25) is 0 Å². The van der Waals surface area contributed by atoms with Gasteiger partial charge in [0.25, 0.3) is 5.91 Å². The molecule has 2 aliphatic rings. The fraction of sp³-hybridized carbons (Fsp3) is 0.250. The second-order valence-corrected chi connectivity index (χ2v) is 10.8. The topological polar surface area (TPSA) is 126 Å². The molecule has 1 atom stereocenters. The summed E-state index contributed by atoms with van der Waals surface area (Å²) >= 11 is 0. The number of likely N-dealkylation sites (tertiary alicyclic amines) is 1. The molecule has 0 bridgehead atoms. The minimum atomic E-state index is -1.47. The second-order valence-electron chi connectivity index (χ2n) is 10.8. The smallest absolute Gasteiger partial charge is 0.412 e. The fourth-order valence-corrected chi connectivity index (χ4v) is 5.96. The molecule has 1 saturated heterocycles. The van der Waals surface area contributed by atoms with Crippen LogP contribution in [0.4, 0.5) is 10.6 Å². The third-order valence-corrected chi connectivity index (χ3v) is 8.00. The molecule has 10 heteroatoms. The molecule has 1 aliphatic heterocycles. The lowest BCUT2D eigenvalue weighted by atomic mass is 9.98. The molecule has 4 aromatic rings. The van der Waals surface area contributed by atoms with Crippen LogP contribution >= 0.6 is 0 Å². The summed E-state index contributed by atoms with van der Waals surface area (Å²) < 4.78 is 7.00. The number of carbonyl (C=O) groups is 3. The second kappa shape index (κ2) is 11.1. The Labute approximate surface area is 242 Å². The van der Waals surface area contributed by atoms with E-state index in [1.165, 1.54) is 10.9 Å². The highest BCUT2D eigenvalue weighted by Gasteiger charge is 2.46. The fourth-order valence-electron chi connectivity index (χ4n) is 5.96. The van der Waals surface area contributed by atoms with E-state index in [1.54, 1.807) is 7.05 Å². The van der Waals surface area contributed by atoms with E-state index in [9.17, 15) is 19.5 Å². The van der Waals surface area contributed by atoms with Crippen LogP contribution in [0.15, 0.2) is 85.1 Å². The van der Waals surface area contributed by atoms with Crippen LogP contribution in [-0.4, -0.2) is 63.0 Å². The number of rotatable bonds is 8. The van der Waals surface area contributed by atoms with E-state index in [1.807, 2.05) is 71.6 Å². The van der Waals surface area contributed by atoms with Crippen molar-refractivity contribution in [1.29, 1.82) is 0 Å². The number of hydrogen-bond acceptors (Lipinski definition) is 6. The predicted molar refractivity (Wildman–Crippen MR) is 156 cm³/mol. The lowest BCUT2D eigenvalue weighted by Crippen LogP contribution is -2.56. The zero-order chi connectivity index (χ0) is 29.3. The van der Waals surface area contributed by atoms with Crippen molar-refractivity contribution in [2.75, 3.05) is 25.0 Å². The number of aromatic nitrogens is 2. The summed E-state index contributed by atoms with van der Waals surface area (Å²) in [6, 6.07) is 25.8. The molecular formula is C32H31N5O5. The highest BCUT2D eigenvalue weighted by atomic mass is 16.5. The van der Waals surface area contributed by atoms with Crippen LogP contribution in [-0.2, 0) is 23.1 Å². The SMILES string of the molecule is Cn1cc(C(=O)NC2(C(=O)O)CCN(Cc3ccccc3)C2)c(NC(=O)OCC2c3ccccc3-c3ccccc32)n1. The molecule has 0 radical (unpaired) electrons. The third-order valence-electron chi connectivity index (χ3n) is 8.00. The number of ether oxygens (including phenoxy) is 1. The van der Waals surface area contributed by atoms with Crippen molar-refractivity contribution in [2.45, 2.75) is 24.4 Å². The highest BCUT2D eigenvalue weighted by molar-refractivity contribution is 6.03. The Morgan fingerprint density at radius 2 is 1.62 bits per heavy atom. The zero-order valence-corrected chi connectivity index (χ0v) is 23.1. The van der Waals surface area contributed by atoms with Gasteiger partial charge in [0.1, 0.15) is 12.2 Å². The molecule has 6 rings (SSSR count).